The van der Waals surface area contributed by atoms with E-state index in [1.807, 2.05) is 0 Å². The van der Waals surface area contributed by atoms with Gasteiger partial charge < -0.3 is 33.8 Å². The predicted octanol–water partition coefficient (Wildman–Crippen LogP) is 24.1. The van der Waals surface area contributed by atoms with Crippen LogP contribution in [0.4, 0.5) is 0 Å². The highest BCUT2D eigenvalue weighted by Crippen LogP contribution is 2.45. The summed E-state index contributed by atoms with van der Waals surface area (Å²) in [6.07, 6.45) is 59.8. The first-order chi connectivity index (χ1) is 48.2. The van der Waals surface area contributed by atoms with Crippen molar-refractivity contribution in [1.82, 2.24) is 0 Å². The zero-order chi connectivity index (χ0) is 73.7. The fourth-order valence-electron chi connectivity index (χ4n) is 12.5. The summed E-state index contributed by atoms with van der Waals surface area (Å²) in [5, 5.41) is 10.6. The van der Waals surface area contributed by atoms with Crippen LogP contribution >= 0.6 is 15.6 Å². The Morgan fingerprint density at radius 3 is 0.680 bits per heavy atom. The van der Waals surface area contributed by atoms with Crippen LogP contribution in [0.3, 0.4) is 0 Å². The first-order valence-corrected chi connectivity index (χ1v) is 44.8. The molecule has 17 nitrogen and oxygen atoms in total. The van der Waals surface area contributed by atoms with E-state index in [1.165, 1.54) is 225 Å². The Kier molecular flexibility index (Phi) is 69.9. The fourth-order valence-corrected chi connectivity index (χ4v) is 14.1. The third kappa shape index (κ3) is 74.3. The van der Waals surface area contributed by atoms with Gasteiger partial charge in [-0.2, -0.15) is 0 Å². The van der Waals surface area contributed by atoms with Crippen molar-refractivity contribution in [3.05, 3.63) is 0 Å². The van der Waals surface area contributed by atoms with Crippen molar-refractivity contribution < 1.29 is 80.2 Å². The Bertz CT molecular complexity index is 1940. The number of hydrogen-bond donors (Lipinski definition) is 3. The molecule has 0 aliphatic rings. The molecule has 0 aliphatic heterocycles. The lowest BCUT2D eigenvalue weighted by Gasteiger charge is -2.21. The molecule has 0 aromatic heterocycles. The summed E-state index contributed by atoms with van der Waals surface area (Å²) in [6, 6.07) is 0. The van der Waals surface area contributed by atoms with Crippen LogP contribution in [-0.4, -0.2) is 96.7 Å². The van der Waals surface area contributed by atoms with Crippen molar-refractivity contribution in [3.63, 3.8) is 0 Å². The molecule has 5 atom stereocenters. The van der Waals surface area contributed by atoms with Gasteiger partial charge in [0, 0.05) is 25.7 Å². The Balaban J connectivity index is 5.22. The molecule has 0 fully saturated rings. The summed E-state index contributed by atoms with van der Waals surface area (Å²) in [5.74, 6) is 0.213. The molecule has 2 unspecified atom stereocenters. The Hall–Kier alpha value is -1.94. The van der Waals surface area contributed by atoms with E-state index in [9.17, 15) is 43.2 Å². The van der Waals surface area contributed by atoms with Gasteiger partial charge >= 0.3 is 39.5 Å². The van der Waals surface area contributed by atoms with E-state index in [4.69, 9.17) is 37.0 Å². The second-order valence-corrected chi connectivity index (χ2v) is 33.5. The monoisotopic (exact) mass is 1470 g/mol. The van der Waals surface area contributed by atoms with Gasteiger partial charge in [0.15, 0.2) is 12.2 Å². The zero-order valence-corrected chi connectivity index (χ0v) is 67.5. The maximum absolute atomic E-state index is 13.1. The predicted molar refractivity (Wildman–Crippen MR) is 409 cm³/mol. The van der Waals surface area contributed by atoms with Crippen LogP contribution in [0.1, 0.15) is 421 Å². The zero-order valence-electron chi connectivity index (χ0n) is 65.7. The quantitative estimate of drug-likeness (QED) is 0.0222. The molecule has 0 rings (SSSR count). The first kappa shape index (κ1) is 98.1. The van der Waals surface area contributed by atoms with Gasteiger partial charge in [0.05, 0.1) is 26.4 Å². The average molecular weight is 1470 g/mol. The number of rotatable bonds is 79. The molecule has 0 aliphatic carbocycles. The van der Waals surface area contributed by atoms with Gasteiger partial charge in [0.1, 0.15) is 19.3 Å². The largest absolute Gasteiger partial charge is 0.472 e. The summed E-state index contributed by atoms with van der Waals surface area (Å²) in [4.78, 5) is 73.0. The number of phosphoric ester groups is 2. The van der Waals surface area contributed by atoms with E-state index in [1.54, 1.807) is 0 Å². The van der Waals surface area contributed by atoms with Crippen LogP contribution in [0.15, 0.2) is 0 Å². The Labute approximate surface area is 613 Å². The van der Waals surface area contributed by atoms with Crippen molar-refractivity contribution in [2.24, 2.45) is 17.8 Å². The van der Waals surface area contributed by atoms with Gasteiger partial charge in [-0.05, 0) is 43.4 Å². The number of carbonyl (C=O) groups is 4. The van der Waals surface area contributed by atoms with Crippen LogP contribution in [-0.2, 0) is 65.4 Å². The minimum atomic E-state index is -4.96. The summed E-state index contributed by atoms with van der Waals surface area (Å²) in [7, 11) is -9.92. The maximum Gasteiger partial charge on any atom is 0.472 e. The minimum Gasteiger partial charge on any atom is -0.462 e. The molecule has 0 heterocycles. The topological polar surface area (TPSA) is 237 Å². The summed E-state index contributed by atoms with van der Waals surface area (Å²) in [6.45, 7) is 11.9. The third-order valence-corrected chi connectivity index (χ3v) is 20.8. The van der Waals surface area contributed by atoms with E-state index < -0.39 is 97.5 Å². The molecule has 0 aromatic carbocycles. The molecule has 0 radical (unpaired) electrons. The van der Waals surface area contributed by atoms with Gasteiger partial charge in [-0.3, -0.25) is 37.3 Å². The molecule has 0 saturated heterocycles. The molecular weight excluding hydrogens is 1310 g/mol. The molecule has 0 amide bonds. The van der Waals surface area contributed by atoms with E-state index in [-0.39, 0.29) is 25.7 Å². The lowest BCUT2D eigenvalue weighted by atomic mass is 10.0. The van der Waals surface area contributed by atoms with Crippen molar-refractivity contribution in [2.75, 3.05) is 39.6 Å². The van der Waals surface area contributed by atoms with Gasteiger partial charge in [0.25, 0.3) is 0 Å². The van der Waals surface area contributed by atoms with E-state index in [2.05, 4.69) is 48.5 Å². The van der Waals surface area contributed by atoms with Crippen molar-refractivity contribution >= 4 is 39.5 Å². The van der Waals surface area contributed by atoms with E-state index in [0.29, 0.717) is 31.6 Å². The maximum atomic E-state index is 13.1. The molecule has 0 aromatic rings. The highest BCUT2D eigenvalue weighted by atomic mass is 31.2. The summed E-state index contributed by atoms with van der Waals surface area (Å²) < 4.78 is 68.7. The summed E-state index contributed by atoms with van der Waals surface area (Å²) in [5.41, 5.74) is 0. The number of aliphatic hydroxyl groups excluding tert-OH is 1. The van der Waals surface area contributed by atoms with Crippen LogP contribution in [0.2, 0.25) is 0 Å². The Morgan fingerprint density at radius 1 is 0.270 bits per heavy atom. The lowest BCUT2D eigenvalue weighted by molar-refractivity contribution is -0.161. The molecule has 594 valence electrons. The van der Waals surface area contributed by atoms with Gasteiger partial charge in [-0.1, -0.05) is 370 Å². The number of unbranched alkanes of at least 4 members (excludes halogenated alkanes) is 47. The van der Waals surface area contributed by atoms with E-state index >= 15 is 0 Å². The SMILES string of the molecule is CCCCCCCCCCCCCCC(=O)O[C@H](COC(=O)CCCCCCCCCC(C)C)COP(=O)(O)OC[C@H](O)COP(=O)(O)OC[C@@H](COC(=O)CCCCCCCCCCCCCCCCC(C)C)OC(=O)CCCCCCCCCCCCCCCCCCCCC(C)C. The van der Waals surface area contributed by atoms with Gasteiger partial charge in [-0.25, -0.2) is 9.13 Å². The normalized spacial score (nSPS) is 14.0. The van der Waals surface area contributed by atoms with Crippen molar-refractivity contribution in [2.45, 2.75) is 439 Å². The smallest absolute Gasteiger partial charge is 0.462 e. The second kappa shape index (κ2) is 71.3. The number of carbonyl (C=O) groups excluding carboxylic acids is 4. The number of ether oxygens (including phenoxy) is 4. The van der Waals surface area contributed by atoms with Crippen LogP contribution in [0.25, 0.3) is 0 Å². The van der Waals surface area contributed by atoms with Crippen LogP contribution < -0.4 is 0 Å². The Morgan fingerprint density at radius 2 is 0.460 bits per heavy atom. The molecule has 19 heteroatoms. The average Bonchev–Trinajstić information content (AvgIpc) is 0.962. The van der Waals surface area contributed by atoms with Gasteiger partial charge in [0.2, 0.25) is 0 Å². The van der Waals surface area contributed by atoms with Crippen LogP contribution in [0.5, 0.6) is 0 Å². The number of aliphatic hydroxyl groups is 1. The number of phosphoric acid groups is 2. The molecule has 0 spiro atoms. The number of esters is 4. The van der Waals surface area contributed by atoms with E-state index in [0.717, 1.165) is 108 Å². The molecular formula is C81H158O17P2. The highest BCUT2D eigenvalue weighted by molar-refractivity contribution is 7.47. The molecule has 0 saturated carbocycles. The summed E-state index contributed by atoms with van der Waals surface area (Å²) >= 11 is 0. The lowest BCUT2D eigenvalue weighted by Crippen LogP contribution is -2.30. The molecule has 100 heavy (non-hydrogen) atoms. The minimum absolute atomic E-state index is 0.107. The fraction of sp³-hybridized carbons (Fsp3) is 0.951. The highest BCUT2D eigenvalue weighted by Gasteiger charge is 2.30. The first-order valence-electron chi connectivity index (χ1n) is 41.8. The van der Waals surface area contributed by atoms with Crippen molar-refractivity contribution in [3.8, 4) is 0 Å². The third-order valence-electron chi connectivity index (χ3n) is 18.9. The number of hydrogen-bond acceptors (Lipinski definition) is 15. The van der Waals surface area contributed by atoms with Gasteiger partial charge in [-0.15, -0.1) is 0 Å². The molecule has 0 bridgehead atoms. The van der Waals surface area contributed by atoms with Crippen molar-refractivity contribution in [1.29, 1.82) is 0 Å². The second-order valence-electron chi connectivity index (χ2n) is 30.6. The van der Waals surface area contributed by atoms with Crippen LogP contribution in [0, 0.1) is 17.8 Å². The standard InChI is InChI=1S/C81H158O17P2/c1-8-9-10-11-12-13-14-29-35-42-50-57-64-80(85)98-77(69-92-79(84)63-56-49-44-37-40-47-54-61-74(6)7)71-96-100(89,90)94-67-75(82)66-93-99(87,88)95-70-76(68-91-78(83)62-55-48-41-34-30-25-22-21-24-28-33-39-46-53-60-73(4)5)97-81(86)65-58-51-43-36-31-26-20-18-16-15-17-19-23-27-32-38-45-52-59-72(2)3/h72-77,82H,8-71H2,1-7H3,(H,87,88)(H,89,90)/t75-,76-,77-/m1/s1. The molecule has 3 N–H and O–H groups in total.